The number of nitrogens with zero attached hydrogens (tertiary/aromatic N) is 3. The van der Waals surface area contributed by atoms with Crippen LogP contribution in [-0.4, -0.2) is 40.5 Å². The average molecular weight is 326 g/mol. The van der Waals surface area contributed by atoms with E-state index in [0.29, 0.717) is 13.0 Å². The predicted octanol–water partition coefficient (Wildman–Crippen LogP) is 2.91. The van der Waals surface area contributed by atoms with Crippen molar-refractivity contribution in [2.24, 2.45) is 0 Å². The Morgan fingerprint density at radius 2 is 1.92 bits per heavy atom. The molecule has 5 heteroatoms. The van der Waals surface area contributed by atoms with Crippen molar-refractivity contribution >= 4 is 6.03 Å². The van der Waals surface area contributed by atoms with Gasteiger partial charge in [-0.25, -0.2) is 4.79 Å². The van der Waals surface area contributed by atoms with Crippen LogP contribution in [0.5, 0.6) is 0 Å². The summed E-state index contributed by atoms with van der Waals surface area (Å²) in [6.07, 6.45) is 6.57. The Bertz CT molecular complexity index is 652. The zero-order valence-electron chi connectivity index (χ0n) is 14.9. The first-order valence-electron chi connectivity index (χ1n) is 8.27. The molecule has 2 aromatic rings. The summed E-state index contributed by atoms with van der Waals surface area (Å²) in [7, 11) is 1.80. The number of likely N-dealkylation sites (N-methyl/N-ethyl adjacent to an activating group) is 1. The Hall–Kier alpha value is -2.43. The Balaban J connectivity index is 1.81. The first-order valence-corrected chi connectivity index (χ1v) is 8.27. The quantitative estimate of drug-likeness (QED) is 0.888. The van der Waals surface area contributed by atoms with Crippen LogP contribution in [0.2, 0.25) is 0 Å². The smallest absolute Gasteiger partial charge is 0.317 e. The summed E-state index contributed by atoms with van der Waals surface area (Å²) in [5, 5.41) is 3.05. The lowest BCUT2D eigenvalue weighted by atomic mass is 10.0. The van der Waals surface area contributed by atoms with E-state index >= 15 is 0 Å². The molecule has 0 fully saturated rings. The van der Waals surface area contributed by atoms with E-state index in [9.17, 15) is 4.79 Å². The Morgan fingerprint density at radius 3 is 2.54 bits per heavy atom. The number of nitrogens with one attached hydrogen (secondary N) is 1. The molecule has 1 aromatic heterocycles. The molecule has 128 valence electrons. The highest BCUT2D eigenvalue weighted by molar-refractivity contribution is 5.74. The van der Waals surface area contributed by atoms with E-state index in [1.54, 1.807) is 30.5 Å². The second-order valence-corrected chi connectivity index (χ2v) is 6.42. The van der Waals surface area contributed by atoms with Crippen molar-refractivity contribution < 1.29 is 4.79 Å². The summed E-state index contributed by atoms with van der Waals surface area (Å²) >= 11 is 0. The lowest BCUT2D eigenvalue weighted by Crippen LogP contribution is -2.43. The molecule has 2 rings (SSSR count). The predicted molar refractivity (Wildman–Crippen MR) is 96.0 cm³/mol. The van der Waals surface area contributed by atoms with Crippen molar-refractivity contribution in [3.05, 3.63) is 59.2 Å². The van der Waals surface area contributed by atoms with Gasteiger partial charge in [0.05, 0.1) is 5.69 Å². The lowest BCUT2D eigenvalue weighted by molar-refractivity contribution is 0.205. The highest BCUT2D eigenvalue weighted by Crippen LogP contribution is 2.11. The summed E-state index contributed by atoms with van der Waals surface area (Å²) in [6.45, 7) is 6.84. The Morgan fingerprint density at radius 1 is 1.21 bits per heavy atom. The lowest BCUT2D eigenvalue weighted by Gasteiger charge is -2.21. The van der Waals surface area contributed by atoms with Gasteiger partial charge in [-0.05, 0) is 32.8 Å². The van der Waals surface area contributed by atoms with Crippen molar-refractivity contribution in [3.8, 4) is 0 Å². The minimum Gasteiger partial charge on any atom is -0.335 e. The van der Waals surface area contributed by atoms with Gasteiger partial charge in [0.1, 0.15) is 0 Å². The number of carbonyl (C=O) groups is 1. The van der Waals surface area contributed by atoms with Gasteiger partial charge in [0, 0.05) is 44.6 Å². The molecule has 0 radical (unpaired) electrons. The van der Waals surface area contributed by atoms with Crippen molar-refractivity contribution in [2.75, 3.05) is 13.6 Å². The number of rotatable bonds is 6. The normalized spacial score (nSPS) is 11.8. The average Bonchev–Trinajstić information content (AvgIpc) is 2.52. The van der Waals surface area contributed by atoms with Crippen LogP contribution in [0.25, 0.3) is 0 Å². The summed E-state index contributed by atoms with van der Waals surface area (Å²) in [5.41, 5.74) is 4.65. The Kier molecular flexibility index (Phi) is 6.29. The van der Waals surface area contributed by atoms with E-state index in [0.717, 1.165) is 12.1 Å². The Labute approximate surface area is 144 Å². The fourth-order valence-electron chi connectivity index (χ4n) is 2.76. The molecule has 0 aliphatic carbocycles. The SMILES string of the molecule is Cc1cc(C)cc(C[C@H](C)NC(=O)N(C)CCc2cnccn2)c1. The molecule has 0 aliphatic rings. The van der Waals surface area contributed by atoms with Crippen molar-refractivity contribution in [1.82, 2.24) is 20.2 Å². The number of hydrogen-bond acceptors (Lipinski definition) is 3. The number of aryl methyl sites for hydroxylation is 2. The summed E-state index contributed by atoms with van der Waals surface area (Å²) < 4.78 is 0. The van der Waals surface area contributed by atoms with Gasteiger partial charge in [-0.15, -0.1) is 0 Å². The number of amides is 2. The second-order valence-electron chi connectivity index (χ2n) is 6.42. The number of aromatic nitrogens is 2. The summed E-state index contributed by atoms with van der Waals surface area (Å²) in [4.78, 5) is 22.2. The van der Waals surface area contributed by atoms with Crippen LogP contribution in [0.3, 0.4) is 0 Å². The maximum absolute atomic E-state index is 12.3. The van der Waals surface area contributed by atoms with Gasteiger partial charge in [-0.3, -0.25) is 9.97 Å². The van der Waals surface area contributed by atoms with Crippen molar-refractivity contribution in [3.63, 3.8) is 0 Å². The molecule has 0 spiro atoms. The van der Waals surface area contributed by atoms with Crippen LogP contribution in [0, 0.1) is 13.8 Å². The third-order valence-electron chi connectivity index (χ3n) is 3.86. The van der Waals surface area contributed by atoms with E-state index in [1.807, 2.05) is 6.92 Å². The third kappa shape index (κ3) is 5.65. The molecule has 1 heterocycles. The summed E-state index contributed by atoms with van der Waals surface area (Å²) in [6, 6.07) is 6.53. The van der Waals surface area contributed by atoms with E-state index in [4.69, 9.17) is 0 Å². The molecule has 0 aliphatic heterocycles. The molecule has 5 nitrogen and oxygen atoms in total. The zero-order valence-corrected chi connectivity index (χ0v) is 14.9. The van der Waals surface area contributed by atoms with Gasteiger partial charge >= 0.3 is 6.03 Å². The van der Waals surface area contributed by atoms with Crippen LogP contribution in [0.4, 0.5) is 4.79 Å². The number of benzene rings is 1. The first-order chi connectivity index (χ1) is 11.4. The van der Waals surface area contributed by atoms with Gasteiger partial charge in [0.2, 0.25) is 0 Å². The molecule has 24 heavy (non-hydrogen) atoms. The second kappa shape index (κ2) is 8.43. The molecule has 1 atom stereocenters. The van der Waals surface area contributed by atoms with Gasteiger partial charge in [-0.2, -0.15) is 0 Å². The molecule has 2 amide bonds. The van der Waals surface area contributed by atoms with E-state index < -0.39 is 0 Å². The number of carbonyl (C=O) groups excluding carboxylic acids is 1. The molecule has 1 N–H and O–H groups in total. The number of urea groups is 1. The standard InChI is InChI=1S/C19H26N4O/c1-14-9-15(2)11-17(10-14)12-16(3)22-19(24)23(4)8-5-18-13-20-6-7-21-18/h6-7,9-11,13,16H,5,8,12H2,1-4H3,(H,22,24)/t16-/m0/s1. The van der Waals surface area contributed by atoms with E-state index in [2.05, 4.69) is 47.3 Å². The molecule has 0 saturated carbocycles. The fraction of sp³-hybridized carbons (Fsp3) is 0.421. The van der Waals surface area contributed by atoms with Gasteiger partial charge < -0.3 is 10.2 Å². The maximum Gasteiger partial charge on any atom is 0.317 e. The highest BCUT2D eigenvalue weighted by atomic mass is 16.2. The van der Waals surface area contributed by atoms with E-state index in [1.165, 1.54) is 16.7 Å². The topological polar surface area (TPSA) is 58.1 Å². The van der Waals surface area contributed by atoms with Gasteiger partial charge in [0.15, 0.2) is 0 Å². The van der Waals surface area contributed by atoms with Crippen LogP contribution < -0.4 is 5.32 Å². The van der Waals surface area contributed by atoms with Gasteiger partial charge in [-0.1, -0.05) is 29.3 Å². The van der Waals surface area contributed by atoms with E-state index in [-0.39, 0.29) is 12.1 Å². The monoisotopic (exact) mass is 326 g/mol. The largest absolute Gasteiger partial charge is 0.335 e. The van der Waals surface area contributed by atoms with Crippen LogP contribution in [0.1, 0.15) is 29.3 Å². The minimum absolute atomic E-state index is 0.0595. The molecular formula is C19H26N4O. The maximum atomic E-state index is 12.3. The van der Waals surface area contributed by atoms with Crippen molar-refractivity contribution in [1.29, 1.82) is 0 Å². The first kappa shape index (κ1) is 17.9. The number of hydrogen-bond donors (Lipinski definition) is 1. The third-order valence-corrected chi connectivity index (χ3v) is 3.86. The van der Waals surface area contributed by atoms with Crippen LogP contribution >= 0.6 is 0 Å². The molecular weight excluding hydrogens is 300 g/mol. The van der Waals surface area contributed by atoms with Crippen molar-refractivity contribution in [2.45, 2.75) is 39.7 Å². The van der Waals surface area contributed by atoms with Crippen LogP contribution in [0.15, 0.2) is 36.8 Å². The fourth-order valence-corrected chi connectivity index (χ4v) is 2.76. The minimum atomic E-state index is -0.0595. The molecule has 1 aromatic carbocycles. The molecule has 0 bridgehead atoms. The van der Waals surface area contributed by atoms with Gasteiger partial charge in [0.25, 0.3) is 0 Å². The molecule has 0 saturated heterocycles. The highest BCUT2D eigenvalue weighted by Gasteiger charge is 2.13. The zero-order chi connectivity index (χ0) is 17.5. The van der Waals surface area contributed by atoms with Crippen LogP contribution in [-0.2, 0) is 12.8 Å². The molecule has 0 unspecified atom stereocenters. The summed E-state index contributed by atoms with van der Waals surface area (Å²) in [5.74, 6) is 0.